The van der Waals surface area contributed by atoms with Gasteiger partial charge in [-0.2, -0.15) is 0 Å². The number of ether oxygens (including phenoxy) is 1. The fourth-order valence-electron chi connectivity index (χ4n) is 2.43. The normalized spacial score (nSPS) is 16.7. The SMILES string of the molecule is COc1cccc2c1CC(C(=O)O)(C(=O)O)CC2. The molecule has 0 radical (unpaired) electrons. The number of hydrogen-bond acceptors (Lipinski definition) is 3. The van der Waals surface area contributed by atoms with E-state index in [0.29, 0.717) is 17.7 Å². The fourth-order valence-corrected chi connectivity index (χ4v) is 2.43. The highest BCUT2D eigenvalue weighted by molar-refractivity contribution is 5.99. The average Bonchev–Trinajstić information content (AvgIpc) is 2.36. The summed E-state index contributed by atoms with van der Waals surface area (Å²) in [4.78, 5) is 22.6. The van der Waals surface area contributed by atoms with Crippen LogP contribution in [-0.2, 0) is 22.4 Å². The highest BCUT2D eigenvalue weighted by Crippen LogP contribution is 2.40. The van der Waals surface area contributed by atoms with Crippen LogP contribution in [0, 0.1) is 5.41 Å². The molecule has 1 aliphatic rings. The summed E-state index contributed by atoms with van der Waals surface area (Å²) in [6, 6.07) is 5.43. The van der Waals surface area contributed by atoms with Gasteiger partial charge < -0.3 is 14.9 Å². The van der Waals surface area contributed by atoms with Crippen LogP contribution in [0.2, 0.25) is 0 Å². The maximum atomic E-state index is 11.3. The maximum Gasteiger partial charge on any atom is 0.321 e. The lowest BCUT2D eigenvalue weighted by Crippen LogP contribution is -2.44. The van der Waals surface area contributed by atoms with Crippen molar-refractivity contribution in [2.24, 2.45) is 5.41 Å². The second kappa shape index (κ2) is 4.33. The largest absolute Gasteiger partial charge is 0.496 e. The Labute approximate surface area is 104 Å². The number of hydrogen-bond donors (Lipinski definition) is 2. The molecule has 2 N–H and O–H groups in total. The summed E-state index contributed by atoms with van der Waals surface area (Å²) in [6.45, 7) is 0. The predicted octanol–water partition coefficient (Wildman–Crippen LogP) is 1.34. The third-order valence-corrected chi connectivity index (χ3v) is 3.57. The quantitative estimate of drug-likeness (QED) is 0.791. The Kier molecular flexibility index (Phi) is 2.98. The molecule has 0 bridgehead atoms. The van der Waals surface area contributed by atoms with E-state index >= 15 is 0 Å². The van der Waals surface area contributed by atoms with Crippen molar-refractivity contribution >= 4 is 11.9 Å². The minimum absolute atomic E-state index is 0.0307. The number of rotatable bonds is 3. The van der Waals surface area contributed by atoms with Crippen LogP contribution in [0.5, 0.6) is 5.75 Å². The van der Waals surface area contributed by atoms with E-state index in [2.05, 4.69) is 0 Å². The molecule has 0 aliphatic heterocycles. The Morgan fingerprint density at radius 2 is 1.94 bits per heavy atom. The molecule has 1 aliphatic carbocycles. The molecule has 5 nitrogen and oxygen atoms in total. The van der Waals surface area contributed by atoms with Crippen molar-refractivity contribution in [3.63, 3.8) is 0 Å². The van der Waals surface area contributed by atoms with Crippen LogP contribution in [0.25, 0.3) is 0 Å². The van der Waals surface area contributed by atoms with Crippen LogP contribution in [0.3, 0.4) is 0 Å². The number of methoxy groups -OCH3 is 1. The van der Waals surface area contributed by atoms with E-state index in [1.54, 1.807) is 6.07 Å². The molecule has 0 fully saturated rings. The highest BCUT2D eigenvalue weighted by atomic mass is 16.5. The zero-order valence-electron chi connectivity index (χ0n) is 9.97. The van der Waals surface area contributed by atoms with Gasteiger partial charge in [0.1, 0.15) is 5.75 Å². The third-order valence-electron chi connectivity index (χ3n) is 3.57. The Balaban J connectivity index is 2.50. The second-order valence-corrected chi connectivity index (χ2v) is 4.47. The number of fused-ring (bicyclic) bond motifs is 1. The zero-order chi connectivity index (χ0) is 13.3. The van der Waals surface area contributed by atoms with E-state index in [1.807, 2.05) is 12.1 Å². The summed E-state index contributed by atoms with van der Waals surface area (Å²) in [5, 5.41) is 18.5. The van der Waals surface area contributed by atoms with Gasteiger partial charge in [0.05, 0.1) is 7.11 Å². The van der Waals surface area contributed by atoms with Gasteiger partial charge in [0.2, 0.25) is 0 Å². The second-order valence-electron chi connectivity index (χ2n) is 4.47. The number of benzene rings is 1. The average molecular weight is 250 g/mol. The van der Waals surface area contributed by atoms with Gasteiger partial charge in [0, 0.05) is 6.42 Å². The Hall–Kier alpha value is -2.04. The zero-order valence-corrected chi connectivity index (χ0v) is 9.97. The van der Waals surface area contributed by atoms with Gasteiger partial charge in [0.15, 0.2) is 5.41 Å². The lowest BCUT2D eigenvalue weighted by atomic mass is 9.71. The number of carbonyl (C=O) groups is 2. The summed E-state index contributed by atoms with van der Waals surface area (Å²) < 4.78 is 5.18. The lowest BCUT2D eigenvalue weighted by Gasteiger charge is -2.31. The summed E-state index contributed by atoms with van der Waals surface area (Å²) in [5.41, 5.74) is -0.0784. The summed E-state index contributed by atoms with van der Waals surface area (Å²) >= 11 is 0. The van der Waals surface area contributed by atoms with Crippen molar-refractivity contribution in [2.45, 2.75) is 19.3 Å². The van der Waals surface area contributed by atoms with E-state index in [0.717, 1.165) is 5.56 Å². The van der Waals surface area contributed by atoms with Crippen LogP contribution in [0.1, 0.15) is 17.5 Å². The van der Waals surface area contributed by atoms with Gasteiger partial charge in [-0.1, -0.05) is 12.1 Å². The van der Waals surface area contributed by atoms with Crippen molar-refractivity contribution in [2.75, 3.05) is 7.11 Å². The van der Waals surface area contributed by atoms with Crippen LogP contribution in [0.15, 0.2) is 18.2 Å². The minimum atomic E-state index is -1.73. The van der Waals surface area contributed by atoms with Crippen molar-refractivity contribution in [3.05, 3.63) is 29.3 Å². The molecule has 0 atom stereocenters. The Morgan fingerprint density at radius 3 is 2.50 bits per heavy atom. The lowest BCUT2D eigenvalue weighted by molar-refractivity contribution is -0.165. The van der Waals surface area contributed by atoms with E-state index in [4.69, 9.17) is 4.74 Å². The first-order valence-electron chi connectivity index (χ1n) is 5.63. The molecule has 18 heavy (non-hydrogen) atoms. The van der Waals surface area contributed by atoms with Gasteiger partial charge >= 0.3 is 11.9 Å². The standard InChI is InChI=1S/C13H14O5/c1-18-10-4-2-3-8-5-6-13(11(14)15,12(16)17)7-9(8)10/h2-4H,5-7H2,1H3,(H,14,15)(H,16,17). The van der Waals surface area contributed by atoms with E-state index < -0.39 is 17.4 Å². The molecular formula is C13H14O5. The topological polar surface area (TPSA) is 83.8 Å². The van der Waals surface area contributed by atoms with Gasteiger partial charge in [-0.3, -0.25) is 9.59 Å². The molecule has 2 rings (SSSR count). The molecule has 0 heterocycles. The van der Waals surface area contributed by atoms with Crippen LogP contribution >= 0.6 is 0 Å². The van der Waals surface area contributed by atoms with Crippen molar-refractivity contribution < 1.29 is 24.5 Å². The first-order valence-corrected chi connectivity index (χ1v) is 5.63. The molecule has 1 aromatic carbocycles. The molecule has 0 amide bonds. The molecule has 0 aromatic heterocycles. The summed E-state index contributed by atoms with van der Waals surface area (Å²) in [5.74, 6) is -2.02. The van der Waals surface area contributed by atoms with Gasteiger partial charge in [0.25, 0.3) is 0 Å². The Bertz CT molecular complexity index is 478. The van der Waals surface area contributed by atoms with Crippen molar-refractivity contribution in [3.8, 4) is 5.75 Å². The molecule has 5 heteroatoms. The van der Waals surface area contributed by atoms with E-state index in [9.17, 15) is 19.8 Å². The predicted molar refractivity (Wildman–Crippen MR) is 62.7 cm³/mol. The van der Waals surface area contributed by atoms with Crippen molar-refractivity contribution in [1.29, 1.82) is 0 Å². The number of carboxylic acids is 2. The van der Waals surface area contributed by atoms with Gasteiger partial charge in [-0.25, -0.2) is 0 Å². The van der Waals surface area contributed by atoms with Gasteiger partial charge in [-0.15, -0.1) is 0 Å². The highest BCUT2D eigenvalue weighted by Gasteiger charge is 2.49. The maximum absolute atomic E-state index is 11.3. The first kappa shape index (κ1) is 12.4. The van der Waals surface area contributed by atoms with Crippen molar-refractivity contribution in [1.82, 2.24) is 0 Å². The monoisotopic (exact) mass is 250 g/mol. The molecular weight excluding hydrogens is 236 g/mol. The molecule has 0 unspecified atom stereocenters. The molecule has 0 saturated heterocycles. The van der Waals surface area contributed by atoms with Crippen LogP contribution in [0.4, 0.5) is 0 Å². The molecule has 96 valence electrons. The molecule has 1 aromatic rings. The van der Waals surface area contributed by atoms with E-state index in [-0.39, 0.29) is 12.8 Å². The number of carboxylic acid groups (broad SMARTS) is 2. The van der Waals surface area contributed by atoms with E-state index in [1.165, 1.54) is 7.11 Å². The summed E-state index contributed by atoms with van der Waals surface area (Å²) in [6.07, 6.45) is 0.514. The third kappa shape index (κ3) is 1.72. The summed E-state index contributed by atoms with van der Waals surface area (Å²) in [7, 11) is 1.49. The first-order chi connectivity index (χ1) is 8.51. The van der Waals surface area contributed by atoms with Crippen LogP contribution in [-0.4, -0.2) is 29.3 Å². The smallest absolute Gasteiger partial charge is 0.321 e. The fraction of sp³-hybridized carbons (Fsp3) is 0.385. The Morgan fingerprint density at radius 1 is 1.28 bits per heavy atom. The minimum Gasteiger partial charge on any atom is -0.496 e. The molecule has 0 spiro atoms. The number of aliphatic carboxylic acids is 2. The molecule has 0 saturated carbocycles. The van der Waals surface area contributed by atoms with Gasteiger partial charge in [-0.05, 0) is 30.0 Å². The number of aryl methyl sites for hydroxylation is 1. The van der Waals surface area contributed by atoms with Crippen LogP contribution < -0.4 is 4.74 Å².